The minimum absolute atomic E-state index is 0.310. The van der Waals surface area contributed by atoms with Gasteiger partial charge in [-0.2, -0.15) is 0 Å². The van der Waals surface area contributed by atoms with E-state index >= 15 is 0 Å². The quantitative estimate of drug-likeness (QED) is 0.659. The molecule has 2 aromatic rings. The summed E-state index contributed by atoms with van der Waals surface area (Å²) in [4.78, 5) is 10.8. The summed E-state index contributed by atoms with van der Waals surface area (Å²) in [6, 6.07) is 16.0. The first-order valence-electron chi connectivity index (χ1n) is 8.84. The van der Waals surface area contributed by atoms with E-state index in [1.165, 1.54) is 5.69 Å². The van der Waals surface area contributed by atoms with E-state index < -0.39 is 0 Å². The molecule has 0 aliphatic carbocycles. The lowest BCUT2D eigenvalue weighted by Crippen LogP contribution is -2.46. The van der Waals surface area contributed by atoms with Crippen LogP contribution in [0, 0.1) is 0 Å². The molecule has 5 nitrogen and oxygen atoms in total. The predicted octanol–water partition coefficient (Wildman–Crippen LogP) is 3.72. The molecular weight excluding hydrogens is 324 g/mol. The average molecular weight is 350 g/mol. The van der Waals surface area contributed by atoms with Gasteiger partial charge in [-0.25, -0.2) is 0 Å². The van der Waals surface area contributed by atoms with Crippen molar-refractivity contribution in [3.8, 4) is 5.75 Å². The minimum Gasteiger partial charge on any atom is -0.508 e. The van der Waals surface area contributed by atoms with Gasteiger partial charge in [-0.3, -0.25) is 4.99 Å². The smallest absolute Gasteiger partial charge is 0.115 e. The van der Waals surface area contributed by atoms with E-state index in [0.29, 0.717) is 5.75 Å². The molecule has 0 spiro atoms. The van der Waals surface area contributed by atoms with Gasteiger partial charge >= 0.3 is 0 Å². The van der Waals surface area contributed by atoms with E-state index in [4.69, 9.17) is 0 Å². The van der Waals surface area contributed by atoms with Crippen LogP contribution in [0.15, 0.2) is 65.8 Å². The van der Waals surface area contributed by atoms with Crippen LogP contribution in [0.1, 0.15) is 6.92 Å². The van der Waals surface area contributed by atoms with Gasteiger partial charge in [-0.05, 0) is 55.5 Å². The standard InChI is InChI=1S/C21H26N4O/c1-17(2)25(16-22-3)20-6-4-18(5-7-20)23-12-14-24(15-13-23)19-8-10-21(26)11-9-19/h4-11,16,26H,1,12-15H2,2-3H3. The van der Waals surface area contributed by atoms with E-state index in [9.17, 15) is 5.11 Å². The zero-order valence-electron chi connectivity index (χ0n) is 15.5. The zero-order chi connectivity index (χ0) is 18.5. The number of phenols is 1. The summed E-state index contributed by atoms with van der Waals surface area (Å²) in [5.74, 6) is 0.310. The molecule has 0 amide bonds. The topological polar surface area (TPSA) is 42.3 Å². The second-order valence-electron chi connectivity index (χ2n) is 6.49. The number of hydrogen-bond acceptors (Lipinski definition) is 4. The maximum Gasteiger partial charge on any atom is 0.115 e. The second kappa shape index (κ2) is 7.95. The second-order valence-corrected chi connectivity index (χ2v) is 6.49. The summed E-state index contributed by atoms with van der Waals surface area (Å²) in [6.45, 7) is 9.86. The maximum atomic E-state index is 9.43. The van der Waals surface area contributed by atoms with Crippen LogP contribution >= 0.6 is 0 Å². The first kappa shape index (κ1) is 17.9. The number of aromatic hydroxyl groups is 1. The Balaban J connectivity index is 1.64. The van der Waals surface area contributed by atoms with Crippen LogP contribution < -0.4 is 14.7 Å². The summed E-state index contributed by atoms with van der Waals surface area (Å²) < 4.78 is 0. The Labute approximate surface area is 155 Å². The average Bonchev–Trinajstić information content (AvgIpc) is 2.67. The largest absolute Gasteiger partial charge is 0.508 e. The Hall–Kier alpha value is -2.95. The molecule has 0 atom stereocenters. The van der Waals surface area contributed by atoms with Gasteiger partial charge in [0.2, 0.25) is 0 Å². The van der Waals surface area contributed by atoms with Gasteiger partial charge in [0.15, 0.2) is 0 Å². The van der Waals surface area contributed by atoms with Gasteiger partial charge < -0.3 is 19.8 Å². The Morgan fingerprint density at radius 2 is 1.42 bits per heavy atom. The van der Waals surface area contributed by atoms with Gasteiger partial charge in [0.1, 0.15) is 5.75 Å². The van der Waals surface area contributed by atoms with Crippen molar-refractivity contribution in [2.24, 2.45) is 4.99 Å². The summed E-state index contributed by atoms with van der Waals surface area (Å²) >= 11 is 0. The van der Waals surface area contributed by atoms with Crippen molar-refractivity contribution in [1.82, 2.24) is 0 Å². The highest BCUT2D eigenvalue weighted by Gasteiger charge is 2.17. The van der Waals surface area contributed by atoms with Crippen molar-refractivity contribution >= 4 is 23.4 Å². The lowest BCUT2D eigenvalue weighted by atomic mass is 10.2. The van der Waals surface area contributed by atoms with E-state index in [1.807, 2.05) is 24.0 Å². The Morgan fingerprint density at radius 1 is 0.962 bits per heavy atom. The molecule has 0 unspecified atom stereocenters. The fourth-order valence-electron chi connectivity index (χ4n) is 3.21. The van der Waals surface area contributed by atoms with Crippen molar-refractivity contribution in [1.29, 1.82) is 0 Å². The van der Waals surface area contributed by atoms with Gasteiger partial charge in [0, 0.05) is 56.0 Å². The monoisotopic (exact) mass is 350 g/mol. The fraction of sp³-hybridized carbons (Fsp3) is 0.286. The number of piperazine rings is 1. The number of benzene rings is 2. The van der Waals surface area contributed by atoms with Crippen LogP contribution in [0.5, 0.6) is 5.75 Å². The van der Waals surface area contributed by atoms with Crippen molar-refractivity contribution in [3.05, 3.63) is 60.8 Å². The van der Waals surface area contributed by atoms with Crippen LogP contribution in [0.25, 0.3) is 0 Å². The molecule has 1 aliphatic heterocycles. The molecule has 1 N–H and O–H groups in total. The third-order valence-electron chi connectivity index (χ3n) is 4.63. The molecule has 3 rings (SSSR count). The molecule has 2 aromatic carbocycles. The molecule has 1 saturated heterocycles. The van der Waals surface area contributed by atoms with E-state index in [-0.39, 0.29) is 0 Å². The van der Waals surface area contributed by atoms with Gasteiger partial charge in [-0.15, -0.1) is 0 Å². The Morgan fingerprint density at radius 3 is 1.85 bits per heavy atom. The van der Waals surface area contributed by atoms with Crippen LogP contribution in [0.2, 0.25) is 0 Å². The number of phenolic OH excluding ortho intramolecular Hbond substituents is 1. The number of anilines is 3. The van der Waals surface area contributed by atoms with Crippen LogP contribution in [0.4, 0.5) is 17.1 Å². The summed E-state index contributed by atoms with van der Waals surface area (Å²) in [5.41, 5.74) is 4.39. The number of rotatable bonds is 5. The van der Waals surface area contributed by atoms with Gasteiger partial charge in [0.05, 0.1) is 6.34 Å². The molecule has 1 heterocycles. The van der Waals surface area contributed by atoms with Crippen LogP contribution in [-0.2, 0) is 0 Å². The van der Waals surface area contributed by atoms with Crippen molar-refractivity contribution in [2.45, 2.75) is 6.92 Å². The predicted molar refractivity (Wildman–Crippen MR) is 111 cm³/mol. The Bertz CT molecular complexity index is 760. The third kappa shape index (κ3) is 3.99. The van der Waals surface area contributed by atoms with E-state index in [1.54, 1.807) is 25.5 Å². The molecule has 0 radical (unpaired) electrons. The summed E-state index contributed by atoms with van der Waals surface area (Å²) in [5, 5.41) is 9.43. The molecule has 0 aromatic heterocycles. The lowest BCUT2D eigenvalue weighted by molar-refractivity contribution is 0.475. The van der Waals surface area contributed by atoms with Gasteiger partial charge in [-0.1, -0.05) is 6.58 Å². The molecule has 1 aliphatic rings. The SMILES string of the molecule is C=C(C)N(C=NC)c1ccc(N2CCN(c3ccc(O)cc3)CC2)cc1. The maximum absolute atomic E-state index is 9.43. The van der Waals surface area contributed by atoms with Crippen LogP contribution in [0.3, 0.4) is 0 Å². The fourth-order valence-corrected chi connectivity index (χ4v) is 3.21. The third-order valence-corrected chi connectivity index (χ3v) is 4.63. The number of aliphatic imine (C=N–C) groups is 1. The lowest BCUT2D eigenvalue weighted by Gasteiger charge is -2.37. The number of hydrogen-bond donors (Lipinski definition) is 1. The summed E-state index contributed by atoms with van der Waals surface area (Å²) in [7, 11) is 1.76. The normalized spacial score (nSPS) is 14.7. The minimum atomic E-state index is 0.310. The molecule has 1 fully saturated rings. The van der Waals surface area contributed by atoms with E-state index in [2.05, 4.69) is 45.6 Å². The molecular formula is C21H26N4O. The van der Waals surface area contributed by atoms with Crippen molar-refractivity contribution in [2.75, 3.05) is 47.9 Å². The number of allylic oxidation sites excluding steroid dienone is 1. The molecule has 5 heteroatoms. The summed E-state index contributed by atoms with van der Waals surface area (Å²) in [6.07, 6.45) is 1.79. The van der Waals surface area contributed by atoms with Crippen LogP contribution in [-0.4, -0.2) is 44.7 Å². The Kier molecular flexibility index (Phi) is 5.46. The van der Waals surface area contributed by atoms with Crippen molar-refractivity contribution in [3.63, 3.8) is 0 Å². The highest BCUT2D eigenvalue weighted by Crippen LogP contribution is 2.25. The van der Waals surface area contributed by atoms with E-state index in [0.717, 1.165) is 43.3 Å². The van der Waals surface area contributed by atoms with Crippen molar-refractivity contribution < 1.29 is 5.11 Å². The first-order valence-corrected chi connectivity index (χ1v) is 8.84. The molecule has 0 bridgehead atoms. The zero-order valence-corrected chi connectivity index (χ0v) is 15.5. The highest BCUT2D eigenvalue weighted by atomic mass is 16.3. The first-order chi connectivity index (χ1) is 12.6. The highest BCUT2D eigenvalue weighted by molar-refractivity contribution is 5.83. The molecule has 136 valence electrons. The molecule has 0 saturated carbocycles. The number of nitrogens with zero attached hydrogens (tertiary/aromatic N) is 4. The van der Waals surface area contributed by atoms with Gasteiger partial charge in [0.25, 0.3) is 0 Å². The molecule has 26 heavy (non-hydrogen) atoms.